The summed E-state index contributed by atoms with van der Waals surface area (Å²) in [5, 5.41) is 9.52. The molecule has 1 rings (SSSR count). The lowest BCUT2D eigenvalue weighted by atomic mass is 10.1. The van der Waals surface area contributed by atoms with E-state index in [0.29, 0.717) is 24.2 Å². The lowest BCUT2D eigenvalue weighted by molar-refractivity contribution is 0.0775. The smallest absolute Gasteiger partial charge is 0.253 e. The highest BCUT2D eigenvalue weighted by molar-refractivity contribution is 9.09. The first-order valence-corrected chi connectivity index (χ1v) is 6.20. The molecule has 1 amide bonds. The minimum Gasteiger partial charge on any atom is -0.338 e. The van der Waals surface area contributed by atoms with Crippen LogP contribution in [0.4, 0.5) is 0 Å². The molecule has 0 aromatic heterocycles. The SMILES string of the molecule is CCN(CCBr)C(=O)c1cccc(C#N)c1. The first-order valence-electron chi connectivity index (χ1n) is 5.08. The number of nitrogens with zero attached hydrogens (tertiary/aromatic N) is 2. The van der Waals surface area contributed by atoms with Gasteiger partial charge in [0.05, 0.1) is 11.6 Å². The lowest BCUT2D eigenvalue weighted by Gasteiger charge is -2.19. The Balaban J connectivity index is 2.90. The fourth-order valence-corrected chi connectivity index (χ4v) is 1.84. The minimum absolute atomic E-state index is 0.0287. The molecule has 3 nitrogen and oxygen atoms in total. The number of hydrogen-bond donors (Lipinski definition) is 0. The van der Waals surface area contributed by atoms with Crippen LogP contribution in [0.5, 0.6) is 0 Å². The zero-order chi connectivity index (χ0) is 12.0. The van der Waals surface area contributed by atoms with Gasteiger partial charge in [-0.3, -0.25) is 4.79 Å². The number of nitriles is 1. The maximum absolute atomic E-state index is 12.0. The summed E-state index contributed by atoms with van der Waals surface area (Å²) in [5.41, 5.74) is 1.09. The monoisotopic (exact) mass is 280 g/mol. The van der Waals surface area contributed by atoms with Crippen molar-refractivity contribution in [2.45, 2.75) is 6.92 Å². The quantitative estimate of drug-likeness (QED) is 0.795. The summed E-state index contributed by atoms with van der Waals surface area (Å²) in [7, 11) is 0. The molecule has 0 aliphatic rings. The van der Waals surface area contributed by atoms with Crippen LogP contribution in [0, 0.1) is 11.3 Å². The molecule has 4 heteroatoms. The van der Waals surface area contributed by atoms with E-state index in [1.165, 1.54) is 0 Å². The number of carbonyl (C=O) groups is 1. The average molecular weight is 281 g/mol. The maximum atomic E-state index is 12.0. The molecule has 0 saturated heterocycles. The third kappa shape index (κ3) is 3.07. The van der Waals surface area contributed by atoms with Gasteiger partial charge in [0.2, 0.25) is 0 Å². The van der Waals surface area contributed by atoms with Crippen molar-refractivity contribution < 1.29 is 4.79 Å². The van der Waals surface area contributed by atoms with Crippen molar-refractivity contribution in [3.63, 3.8) is 0 Å². The fourth-order valence-electron chi connectivity index (χ4n) is 1.41. The highest BCUT2D eigenvalue weighted by Crippen LogP contribution is 2.08. The molecule has 0 spiro atoms. The second-order valence-corrected chi connectivity index (χ2v) is 4.06. The summed E-state index contributed by atoms with van der Waals surface area (Å²) in [4.78, 5) is 13.8. The summed E-state index contributed by atoms with van der Waals surface area (Å²) in [6.45, 7) is 3.28. The molecule has 84 valence electrons. The average Bonchev–Trinajstić information content (AvgIpc) is 2.35. The number of rotatable bonds is 4. The van der Waals surface area contributed by atoms with Gasteiger partial charge in [-0.1, -0.05) is 22.0 Å². The lowest BCUT2D eigenvalue weighted by Crippen LogP contribution is -2.32. The summed E-state index contributed by atoms with van der Waals surface area (Å²) in [5.74, 6) is -0.0287. The van der Waals surface area contributed by atoms with Crippen LogP contribution < -0.4 is 0 Å². The van der Waals surface area contributed by atoms with Crippen molar-refractivity contribution in [1.29, 1.82) is 5.26 Å². The molecule has 0 unspecified atom stereocenters. The number of benzene rings is 1. The van der Waals surface area contributed by atoms with Crippen molar-refractivity contribution in [3.05, 3.63) is 35.4 Å². The largest absolute Gasteiger partial charge is 0.338 e. The molecule has 16 heavy (non-hydrogen) atoms. The Kier molecular flexibility index (Phi) is 5.00. The molecule has 1 aromatic carbocycles. The Hall–Kier alpha value is -1.34. The van der Waals surface area contributed by atoms with Crippen molar-refractivity contribution in [2.24, 2.45) is 0 Å². The zero-order valence-corrected chi connectivity index (χ0v) is 10.7. The van der Waals surface area contributed by atoms with Crippen LogP contribution in [-0.4, -0.2) is 29.2 Å². The highest BCUT2D eigenvalue weighted by atomic mass is 79.9. The normalized spacial score (nSPS) is 9.56. The van der Waals surface area contributed by atoms with E-state index in [1.807, 2.05) is 13.0 Å². The van der Waals surface area contributed by atoms with E-state index in [9.17, 15) is 4.79 Å². The van der Waals surface area contributed by atoms with Crippen molar-refractivity contribution in [3.8, 4) is 6.07 Å². The van der Waals surface area contributed by atoms with Crippen LogP contribution in [-0.2, 0) is 0 Å². The Bertz CT molecular complexity index is 412. The summed E-state index contributed by atoms with van der Waals surface area (Å²) < 4.78 is 0. The predicted octanol–water partition coefficient (Wildman–Crippen LogP) is 2.42. The van der Waals surface area contributed by atoms with E-state index in [4.69, 9.17) is 5.26 Å². The maximum Gasteiger partial charge on any atom is 0.253 e. The summed E-state index contributed by atoms with van der Waals surface area (Å²) >= 11 is 3.31. The van der Waals surface area contributed by atoms with E-state index in [-0.39, 0.29) is 5.91 Å². The first kappa shape index (κ1) is 12.7. The van der Waals surface area contributed by atoms with Crippen LogP contribution in [0.1, 0.15) is 22.8 Å². The minimum atomic E-state index is -0.0287. The van der Waals surface area contributed by atoms with Crippen molar-refractivity contribution in [1.82, 2.24) is 4.90 Å². The van der Waals surface area contributed by atoms with Crippen molar-refractivity contribution in [2.75, 3.05) is 18.4 Å². The molecule has 0 fully saturated rings. The van der Waals surface area contributed by atoms with Crippen LogP contribution in [0.25, 0.3) is 0 Å². The summed E-state index contributed by atoms with van der Waals surface area (Å²) in [6.07, 6.45) is 0. The second-order valence-electron chi connectivity index (χ2n) is 3.27. The van der Waals surface area contributed by atoms with Gasteiger partial charge >= 0.3 is 0 Å². The van der Waals surface area contributed by atoms with Gasteiger partial charge < -0.3 is 4.90 Å². The third-order valence-corrected chi connectivity index (χ3v) is 2.62. The standard InChI is InChI=1S/C12H13BrN2O/c1-2-15(7-6-13)12(16)11-5-3-4-10(8-11)9-14/h3-5,8H,2,6-7H2,1H3. The zero-order valence-electron chi connectivity index (χ0n) is 9.11. The number of alkyl halides is 1. The number of halogens is 1. The molecular formula is C12H13BrN2O. The highest BCUT2D eigenvalue weighted by Gasteiger charge is 2.13. The topological polar surface area (TPSA) is 44.1 Å². The predicted molar refractivity (Wildman–Crippen MR) is 66.5 cm³/mol. The van der Waals surface area contributed by atoms with Gasteiger partial charge in [0.15, 0.2) is 0 Å². The van der Waals surface area contributed by atoms with Crippen LogP contribution in [0.2, 0.25) is 0 Å². The number of hydrogen-bond acceptors (Lipinski definition) is 2. The van der Waals surface area contributed by atoms with Gasteiger partial charge in [0.1, 0.15) is 0 Å². The molecule has 0 saturated carbocycles. The first-order chi connectivity index (χ1) is 7.72. The Morgan fingerprint density at radius 3 is 2.88 bits per heavy atom. The van der Waals surface area contributed by atoms with E-state index in [2.05, 4.69) is 15.9 Å². The number of carbonyl (C=O) groups excluding carboxylic acids is 1. The van der Waals surface area contributed by atoms with E-state index >= 15 is 0 Å². The molecule has 0 aliphatic heterocycles. The molecular weight excluding hydrogens is 268 g/mol. The number of amides is 1. The molecule has 0 aliphatic carbocycles. The third-order valence-electron chi connectivity index (χ3n) is 2.26. The van der Waals surface area contributed by atoms with Gasteiger partial charge in [-0.25, -0.2) is 0 Å². The Morgan fingerprint density at radius 2 is 2.31 bits per heavy atom. The van der Waals surface area contributed by atoms with Gasteiger partial charge in [-0.2, -0.15) is 5.26 Å². The van der Waals surface area contributed by atoms with Gasteiger partial charge in [-0.05, 0) is 25.1 Å². The van der Waals surface area contributed by atoms with E-state index in [1.54, 1.807) is 29.2 Å². The second kappa shape index (κ2) is 6.29. The Labute approximate surface area is 104 Å². The van der Waals surface area contributed by atoms with Gasteiger partial charge in [0, 0.05) is 24.0 Å². The Morgan fingerprint density at radius 1 is 1.56 bits per heavy atom. The van der Waals surface area contributed by atoms with E-state index in [0.717, 1.165) is 5.33 Å². The molecule has 0 atom stereocenters. The van der Waals surface area contributed by atoms with Gasteiger partial charge in [0.25, 0.3) is 5.91 Å². The molecule has 1 aromatic rings. The van der Waals surface area contributed by atoms with Crippen LogP contribution in [0.3, 0.4) is 0 Å². The molecule has 0 bridgehead atoms. The van der Waals surface area contributed by atoms with Gasteiger partial charge in [-0.15, -0.1) is 0 Å². The van der Waals surface area contributed by atoms with Crippen molar-refractivity contribution >= 4 is 21.8 Å². The van der Waals surface area contributed by atoms with Crippen LogP contribution in [0.15, 0.2) is 24.3 Å². The molecule has 0 N–H and O–H groups in total. The van der Waals surface area contributed by atoms with E-state index < -0.39 is 0 Å². The summed E-state index contributed by atoms with van der Waals surface area (Å²) in [6, 6.07) is 8.81. The molecule has 0 heterocycles. The molecule has 0 radical (unpaired) electrons. The fraction of sp³-hybridized carbons (Fsp3) is 0.333. The van der Waals surface area contributed by atoms with Crippen LogP contribution >= 0.6 is 15.9 Å².